The molecule has 94 valence electrons. The van der Waals surface area contributed by atoms with Gasteiger partial charge in [-0.05, 0) is 18.6 Å². The smallest absolute Gasteiger partial charge is 0.0617 e. The fourth-order valence-corrected chi connectivity index (χ4v) is 3.55. The first-order valence-corrected chi connectivity index (χ1v) is 7.05. The van der Waals surface area contributed by atoms with Gasteiger partial charge in [0.2, 0.25) is 0 Å². The average molecular weight is 255 g/mol. The highest BCUT2D eigenvalue weighted by molar-refractivity contribution is 6.06. The minimum absolute atomic E-state index is 1.01. The number of fused-ring (bicyclic) bond motifs is 6. The molecule has 0 bridgehead atoms. The molecule has 2 heterocycles. The van der Waals surface area contributed by atoms with Crippen LogP contribution in [0, 0.1) is 0 Å². The second kappa shape index (κ2) is 3.51. The Labute approximate surface area is 116 Å². The third-order valence-corrected chi connectivity index (χ3v) is 4.35. The molecule has 0 atom stereocenters. The van der Waals surface area contributed by atoms with E-state index in [1.165, 1.54) is 38.1 Å². The van der Waals surface area contributed by atoms with Crippen LogP contribution in [0.25, 0.3) is 39.5 Å². The minimum atomic E-state index is 1.01. The van der Waals surface area contributed by atoms with Crippen LogP contribution < -0.4 is 5.22 Å². The lowest BCUT2D eigenvalue weighted by Crippen LogP contribution is -1.97. The van der Waals surface area contributed by atoms with E-state index >= 15 is 0 Å². The fraction of sp³-hybridized carbons (Fsp3) is 0.0526. The van der Waals surface area contributed by atoms with Crippen LogP contribution in [0.15, 0.2) is 54.6 Å². The van der Waals surface area contributed by atoms with Crippen LogP contribution >= 0.6 is 0 Å². The van der Waals surface area contributed by atoms with Gasteiger partial charge in [-0.2, -0.15) is 0 Å². The van der Waals surface area contributed by atoms with E-state index < -0.39 is 0 Å². The van der Waals surface area contributed by atoms with E-state index in [1.807, 2.05) is 0 Å². The van der Waals surface area contributed by atoms with E-state index in [0.717, 1.165) is 6.42 Å². The molecule has 0 fully saturated rings. The molecule has 0 amide bonds. The van der Waals surface area contributed by atoms with Gasteiger partial charge in [0, 0.05) is 21.6 Å². The Morgan fingerprint density at radius 1 is 0.800 bits per heavy atom. The third-order valence-electron chi connectivity index (χ3n) is 4.35. The zero-order valence-corrected chi connectivity index (χ0v) is 11.0. The second-order valence-electron chi connectivity index (χ2n) is 5.39. The number of para-hydroxylation sites is 2. The normalized spacial score (nSPS) is 14.0. The molecule has 1 nitrogen and oxygen atoms in total. The molecule has 2 aromatic carbocycles. The van der Waals surface area contributed by atoms with Crippen LogP contribution in [0.2, 0.25) is 0 Å². The monoisotopic (exact) mass is 255 g/mol. The van der Waals surface area contributed by atoms with Gasteiger partial charge in [0.05, 0.1) is 16.6 Å². The summed E-state index contributed by atoms with van der Waals surface area (Å²) in [4.78, 5) is 0. The van der Waals surface area contributed by atoms with Crippen molar-refractivity contribution < 1.29 is 0 Å². The number of aromatic nitrogens is 1. The van der Waals surface area contributed by atoms with Gasteiger partial charge in [0.25, 0.3) is 0 Å². The van der Waals surface area contributed by atoms with Crippen molar-refractivity contribution in [2.24, 2.45) is 0 Å². The molecule has 5 rings (SSSR count). The molecule has 0 spiro atoms. The molecule has 0 saturated carbocycles. The van der Waals surface area contributed by atoms with Crippen molar-refractivity contribution >= 4 is 39.5 Å². The summed E-state index contributed by atoms with van der Waals surface area (Å²) in [6.45, 7) is 0. The van der Waals surface area contributed by atoms with Crippen molar-refractivity contribution in [3.05, 3.63) is 65.4 Å². The zero-order valence-electron chi connectivity index (χ0n) is 11.0. The molecule has 2 aromatic heterocycles. The summed E-state index contributed by atoms with van der Waals surface area (Å²) in [6.07, 6.45) is 7.90. The van der Waals surface area contributed by atoms with Gasteiger partial charge < -0.3 is 4.40 Å². The third kappa shape index (κ3) is 1.09. The summed E-state index contributed by atoms with van der Waals surface area (Å²) in [5.74, 6) is 0. The molecule has 0 aliphatic heterocycles. The van der Waals surface area contributed by atoms with E-state index in [2.05, 4.69) is 71.2 Å². The van der Waals surface area contributed by atoms with Crippen molar-refractivity contribution in [3.8, 4) is 0 Å². The summed E-state index contributed by atoms with van der Waals surface area (Å²) in [5.41, 5.74) is 5.34. The fourth-order valence-electron chi connectivity index (χ4n) is 3.55. The van der Waals surface area contributed by atoms with Gasteiger partial charge in [-0.25, -0.2) is 0 Å². The maximum Gasteiger partial charge on any atom is 0.0617 e. The predicted octanol–water partition coefficient (Wildman–Crippen LogP) is 4.16. The number of nitrogens with zero attached hydrogens (tertiary/aromatic N) is 1. The maximum absolute atomic E-state index is 2.42. The SMILES string of the molecule is C1=Cc2c3ccccc3n3c2c(c2ccccc23)=CC1. The zero-order chi connectivity index (χ0) is 13.1. The highest BCUT2D eigenvalue weighted by Gasteiger charge is 2.16. The first-order chi connectivity index (χ1) is 9.95. The average Bonchev–Trinajstić information content (AvgIpc) is 2.88. The van der Waals surface area contributed by atoms with Crippen LogP contribution in [-0.4, -0.2) is 4.40 Å². The Morgan fingerprint density at radius 3 is 2.35 bits per heavy atom. The van der Waals surface area contributed by atoms with E-state index in [0.29, 0.717) is 0 Å². The standard InChI is InChI=1S/C19H13N/c1-2-10-16-14-8-4-6-12-18(14)20-17-11-5-3-7-13(17)15(9-1)19(16)20/h1,3-12H,2H2. The first-order valence-electron chi connectivity index (χ1n) is 7.05. The van der Waals surface area contributed by atoms with E-state index in [4.69, 9.17) is 0 Å². The summed E-state index contributed by atoms with van der Waals surface area (Å²) >= 11 is 0. The van der Waals surface area contributed by atoms with Gasteiger partial charge in [-0.15, -0.1) is 0 Å². The minimum Gasteiger partial charge on any atom is -0.308 e. The van der Waals surface area contributed by atoms with Crippen molar-refractivity contribution in [1.82, 2.24) is 4.40 Å². The largest absolute Gasteiger partial charge is 0.308 e. The lowest BCUT2D eigenvalue weighted by atomic mass is 10.1. The molecule has 1 aliphatic carbocycles. The number of hydrogen-bond donors (Lipinski definition) is 0. The van der Waals surface area contributed by atoms with Crippen molar-refractivity contribution in [1.29, 1.82) is 0 Å². The van der Waals surface area contributed by atoms with Gasteiger partial charge in [0.1, 0.15) is 0 Å². The number of allylic oxidation sites excluding steroid dienone is 1. The quantitative estimate of drug-likeness (QED) is 0.444. The molecule has 0 N–H and O–H groups in total. The van der Waals surface area contributed by atoms with E-state index in [9.17, 15) is 0 Å². The molecule has 20 heavy (non-hydrogen) atoms. The van der Waals surface area contributed by atoms with Gasteiger partial charge in [0.15, 0.2) is 0 Å². The molecule has 0 unspecified atom stereocenters. The van der Waals surface area contributed by atoms with Crippen LogP contribution in [0.3, 0.4) is 0 Å². The number of rotatable bonds is 0. The van der Waals surface area contributed by atoms with Crippen molar-refractivity contribution in [2.75, 3.05) is 0 Å². The molecule has 1 aliphatic rings. The first kappa shape index (κ1) is 10.3. The van der Waals surface area contributed by atoms with E-state index in [1.54, 1.807) is 0 Å². The highest BCUT2D eigenvalue weighted by Crippen LogP contribution is 2.31. The van der Waals surface area contributed by atoms with Crippen LogP contribution in [0.1, 0.15) is 12.0 Å². The van der Waals surface area contributed by atoms with E-state index in [-0.39, 0.29) is 0 Å². The lowest BCUT2D eigenvalue weighted by molar-refractivity contribution is 1.36. The molecular weight excluding hydrogens is 242 g/mol. The Hall–Kier alpha value is -2.54. The Balaban J connectivity index is 2.27. The van der Waals surface area contributed by atoms with Gasteiger partial charge >= 0.3 is 0 Å². The van der Waals surface area contributed by atoms with Gasteiger partial charge in [-0.1, -0.05) is 54.6 Å². The Bertz CT molecular complexity index is 1060. The molecule has 0 radical (unpaired) electrons. The van der Waals surface area contributed by atoms with Crippen molar-refractivity contribution in [3.63, 3.8) is 0 Å². The summed E-state index contributed by atoms with van der Waals surface area (Å²) < 4.78 is 2.42. The molecule has 1 heteroatoms. The van der Waals surface area contributed by atoms with Crippen molar-refractivity contribution in [2.45, 2.75) is 6.42 Å². The summed E-state index contributed by atoms with van der Waals surface area (Å²) in [7, 11) is 0. The maximum atomic E-state index is 2.42. The number of hydrogen-bond acceptors (Lipinski definition) is 0. The topological polar surface area (TPSA) is 4.41 Å². The van der Waals surface area contributed by atoms with Crippen LogP contribution in [0.5, 0.6) is 0 Å². The summed E-state index contributed by atoms with van der Waals surface area (Å²) in [5, 5.41) is 4.09. The molecule has 0 saturated heterocycles. The predicted molar refractivity (Wildman–Crippen MR) is 85.7 cm³/mol. The highest BCUT2D eigenvalue weighted by atomic mass is 14.9. The molecular formula is C19H13N. The molecule has 4 aromatic rings. The van der Waals surface area contributed by atoms with Crippen LogP contribution in [-0.2, 0) is 0 Å². The summed E-state index contributed by atoms with van der Waals surface area (Å²) in [6, 6.07) is 17.4. The Kier molecular flexibility index (Phi) is 1.80. The lowest BCUT2D eigenvalue weighted by Gasteiger charge is -1.95. The Morgan fingerprint density at radius 2 is 1.50 bits per heavy atom. The number of benzene rings is 2. The van der Waals surface area contributed by atoms with Gasteiger partial charge in [-0.3, -0.25) is 0 Å². The second-order valence-corrected chi connectivity index (χ2v) is 5.39. The van der Waals surface area contributed by atoms with Crippen LogP contribution in [0.4, 0.5) is 0 Å².